The highest BCUT2D eigenvalue weighted by Gasteiger charge is 2.13. The van der Waals surface area contributed by atoms with Crippen LogP contribution >= 0.6 is 11.6 Å². The summed E-state index contributed by atoms with van der Waals surface area (Å²) in [4.78, 5) is 25.7. The summed E-state index contributed by atoms with van der Waals surface area (Å²) in [5.74, 6) is -0.114. The first-order valence-corrected chi connectivity index (χ1v) is 10.9. The average molecular weight is 481 g/mol. The van der Waals surface area contributed by atoms with Gasteiger partial charge in [0.05, 0.1) is 24.2 Å². The Labute approximate surface area is 200 Å². The van der Waals surface area contributed by atoms with Gasteiger partial charge in [-0.3, -0.25) is 9.63 Å². The molecule has 10 heteroatoms. The third-order valence-electron chi connectivity index (χ3n) is 4.86. The van der Waals surface area contributed by atoms with E-state index in [0.29, 0.717) is 22.0 Å². The number of hydrogen-bond acceptors (Lipinski definition) is 6. The Morgan fingerprint density at radius 3 is 2.68 bits per heavy atom. The minimum atomic E-state index is -0.531. The van der Waals surface area contributed by atoms with E-state index in [1.54, 1.807) is 41.2 Å². The van der Waals surface area contributed by atoms with Gasteiger partial charge in [-0.2, -0.15) is 10.1 Å². The third kappa shape index (κ3) is 5.56. The van der Waals surface area contributed by atoms with Crippen LogP contribution in [0.1, 0.15) is 41.4 Å². The maximum atomic E-state index is 14.7. The average Bonchev–Trinajstić information content (AvgIpc) is 3.33. The number of hydroxylamine groups is 1. The van der Waals surface area contributed by atoms with Gasteiger partial charge < -0.3 is 5.32 Å². The molecule has 4 aromatic rings. The van der Waals surface area contributed by atoms with E-state index in [4.69, 9.17) is 16.4 Å². The molecule has 0 atom stereocenters. The molecule has 2 aromatic carbocycles. The van der Waals surface area contributed by atoms with Gasteiger partial charge in [-0.15, -0.1) is 0 Å². The summed E-state index contributed by atoms with van der Waals surface area (Å²) in [7, 11) is 0. The van der Waals surface area contributed by atoms with E-state index in [-0.39, 0.29) is 30.1 Å². The minimum absolute atomic E-state index is 0.00511. The molecule has 8 nitrogen and oxygen atoms in total. The number of nitrogens with zero attached hydrogens (tertiary/aromatic N) is 4. The molecule has 0 unspecified atom stereocenters. The van der Waals surface area contributed by atoms with Crippen molar-refractivity contribution in [3.05, 3.63) is 94.7 Å². The molecule has 0 spiro atoms. The maximum absolute atomic E-state index is 14.7. The number of amides is 1. The number of halogens is 2. The van der Waals surface area contributed by atoms with Crippen LogP contribution in [-0.4, -0.2) is 25.7 Å². The molecule has 0 radical (unpaired) electrons. The van der Waals surface area contributed by atoms with Crippen LogP contribution in [0, 0.1) is 5.82 Å². The van der Waals surface area contributed by atoms with E-state index in [2.05, 4.69) is 25.9 Å². The number of hydrogen-bond donors (Lipinski definition) is 2. The largest absolute Gasteiger partial charge is 0.322 e. The Balaban J connectivity index is 1.41. The zero-order valence-corrected chi connectivity index (χ0v) is 19.3. The standard InChI is InChI=1S/C24H22ClFN6O2/c1-15(2)20-10-11-32(30-20)22-18(25)13-27-24(29-22)28-21-9-8-16(12-19(21)26)14-34-31-23(33)17-6-4-3-5-7-17/h3-13,15H,14H2,1-2H3,(H,31,33)(H,27,28,29). The predicted octanol–water partition coefficient (Wildman–Crippen LogP) is 5.18. The van der Waals surface area contributed by atoms with Gasteiger partial charge in [-0.05, 0) is 41.8 Å². The van der Waals surface area contributed by atoms with Gasteiger partial charge >= 0.3 is 0 Å². The van der Waals surface area contributed by atoms with Crippen molar-refractivity contribution in [3.63, 3.8) is 0 Å². The normalized spacial score (nSPS) is 11.0. The van der Waals surface area contributed by atoms with Crippen LogP contribution in [-0.2, 0) is 11.4 Å². The minimum Gasteiger partial charge on any atom is -0.322 e. The molecule has 34 heavy (non-hydrogen) atoms. The Hall–Kier alpha value is -3.82. The first-order chi connectivity index (χ1) is 16.4. The molecule has 1 amide bonds. The van der Waals surface area contributed by atoms with Gasteiger partial charge in [0.25, 0.3) is 5.91 Å². The Kier molecular flexibility index (Phi) is 7.15. The van der Waals surface area contributed by atoms with E-state index in [9.17, 15) is 9.18 Å². The first-order valence-electron chi connectivity index (χ1n) is 10.5. The van der Waals surface area contributed by atoms with Crippen LogP contribution in [0.5, 0.6) is 0 Å². The lowest BCUT2D eigenvalue weighted by atomic mass is 10.1. The molecule has 2 aromatic heterocycles. The Morgan fingerprint density at radius 2 is 1.97 bits per heavy atom. The Morgan fingerprint density at radius 1 is 1.18 bits per heavy atom. The molecular weight excluding hydrogens is 459 g/mol. The zero-order chi connectivity index (χ0) is 24.1. The number of aromatic nitrogens is 4. The summed E-state index contributed by atoms with van der Waals surface area (Å²) in [6, 6.07) is 15.0. The summed E-state index contributed by atoms with van der Waals surface area (Å²) in [5, 5.41) is 7.64. The van der Waals surface area contributed by atoms with Crippen molar-refractivity contribution in [2.45, 2.75) is 26.4 Å². The van der Waals surface area contributed by atoms with E-state index in [1.807, 2.05) is 26.0 Å². The third-order valence-corrected chi connectivity index (χ3v) is 5.13. The summed E-state index contributed by atoms with van der Waals surface area (Å²) in [6.45, 7) is 4.07. The van der Waals surface area contributed by atoms with Crippen LogP contribution in [0.2, 0.25) is 5.02 Å². The predicted molar refractivity (Wildman–Crippen MR) is 127 cm³/mol. The molecule has 4 rings (SSSR count). The fourth-order valence-electron chi connectivity index (χ4n) is 3.05. The summed E-state index contributed by atoms with van der Waals surface area (Å²) < 4.78 is 16.2. The van der Waals surface area contributed by atoms with Crippen LogP contribution in [0.25, 0.3) is 5.82 Å². The van der Waals surface area contributed by atoms with E-state index in [1.165, 1.54) is 18.3 Å². The van der Waals surface area contributed by atoms with Crippen LogP contribution in [0.4, 0.5) is 16.0 Å². The lowest BCUT2D eigenvalue weighted by molar-refractivity contribution is 0.0233. The van der Waals surface area contributed by atoms with E-state index >= 15 is 0 Å². The van der Waals surface area contributed by atoms with Gasteiger partial charge in [0, 0.05) is 11.8 Å². The number of rotatable bonds is 8. The fourth-order valence-corrected chi connectivity index (χ4v) is 3.22. The van der Waals surface area contributed by atoms with Crippen molar-refractivity contribution in [2.24, 2.45) is 0 Å². The molecule has 0 bridgehead atoms. The van der Waals surface area contributed by atoms with Crippen LogP contribution in [0.15, 0.2) is 67.0 Å². The van der Waals surface area contributed by atoms with Gasteiger partial charge in [-0.25, -0.2) is 19.5 Å². The van der Waals surface area contributed by atoms with Crippen molar-refractivity contribution in [3.8, 4) is 5.82 Å². The zero-order valence-electron chi connectivity index (χ0n) is 18.5. The number of carbonyl (C=O) groups excluding carboxylic acids is 1. The highest BCUT2D eigenvalue weighted by atomic mass is 35.5. The van der Waals surface area contributed by atoms with Gasteiger partial charge in [-0.1, -0.05) is 49.7 Å². The molecule has 0 saturated carbocycles. The molecule has 0 saturated heterocycles. The first kappa shape index (κ1) is 23.3. The van der Waals surface area contributed by atoms with Crippen molar-refractivity contribution >= 4 is 29.1 Å². The molecule has 0 aliphatic heterocycles. The van der Waals surface area contributed by atoms with Crippen molar-refractivity contribution in [1.29, 1.82) is 0 Å². The van der Waals surface area contributed by atoms with Gasteiger partial charge in [0.15, 0.2) is 5.82 Å². The van der Waals surface area contributed by atoms with Crippen molar-refractivity contribution < 1.29 is 14.0 Å². The summed E-state index contributed by atoms with van der Waals surface area (Å²) >= 11 is 6.25. The summed E-state index contributed by atoms with van der Waals surface area (Å²) in [5.41, 5.74) is 4.41. The fraction of sp³-hybridized carbons (Fsp3) is 0.167. The lowest BCUT2D eigenvalue weighted by Gasteiger charge is -2.10. The number of benzene rings is 2. The molecule has 0 aliphatic rings. The van der Waals surface area contributed by atoms with Crippen LogP contribution < -0.4 is 10.8 Å². The van der Waals surface area contributed by atoms with E-state index < -0.39 is 5.82 Å². The maximum Gasteiger partial charge on any atom is 0.274 e. The quantitative estimate of drug-likeness (QED) is 0.337. The monoisotopic (exact) mass is 480 g/mol. The molecule has 2 heterocycles. The highest BCUT2D eigenvalue weighted by molar-refractivity contribution is 6.32. The SMILES string of the molecule is CC(C)c1ccn(-c2nc(Nc3ccc(CONC(=O)c4ccccc4)cc3F)ncc2Cl)n1. The molecule has 2 N–H and O–H groups in total. The second-order valence-electron chi connectivity index (χ2n) is 7.73. The molecule has 0 fully saturated rings. The molecule has 174 valence electrons. The summed E-state index contributed by atoms with van der Waals surface area (Å²) in [6.07, 6.45) is 3.19. The highest BCUT2D eigenvalue weighted by Crippen LogP contribution is 2.23. The molecule has 0 aliphatic carbocycles. The topological polar surface area (TPSA) is 94.0 Å². The Bertz CT molecular complexity index is 1300. The number of carbonyl (C=O) groups is 1. The second kappa shape index (κ2) is 10.4. The number of nitrogens with one attached hydrogen (secondary N) is 2. The van der Waals surface area contributed by atoms with Crippen molar-refractivity contribution in [1.82, 2.24) is 25.2 Å². The van der Waals surface area contributed by atoms with Crippen molar-refractivity contribution in [2.75, 3.05) is 5.32 Å². The smallest absolute Gasteiger partial charge is 0.274 e. The van der Waals surface area contributed by atoms with Gasteiger partial charge in [0.1, 0.15) is 10.8 Å². The number of anilines is 2. The van der Waals surface area contributed by atoms with Crippen LogP contribution in [0.3, 0.4) is 0 Å². The van der Waals surface area contributed by atoms with E-state index in [0.717, 1.165) is 5.69 Å². The second-order valence-corrected chi connectivity index (χ2v) is 8.14. The lowest BCUT2D eigenvalue weighted by Crippen LogP contribution is -2.23. The molecular formula is C24H22ClFN6O2. The van der Waals surface area contributed by atoms with Gasteiger partial charge in [0.2, 0.25) is 5.95 Å².